The second-order valence-corrected chi connectivity index (χ2v) is 8.01. The van der Waals surface area contributed by atoms with E-state index in [-0.39, 0.29) is 11.3 Å². The third-order valence-corrected chi connectivity index (χ3v) is 5.07. The first-order valence-electron chi connectivity index (χ1n) is 7.03. The molecule has 0 amide bonds. The monoisotopic (exact) mass is 293 g/mol. The van der Waals surface area contributed by atoms with Crippen molar-refractivity contribution < 1.29 is 8.42 Å². The highest BCUT2D eigenvalue weighted by atomic mass is 32.2. The molecule has 0 heterocycles. The molecule has 0 aromatic carbocycles. The molecular weight excluding hydrogens is 262 g/mol. The third-order valence-electron chi connectivity index (χ3n) is 3.54. The summed E-state index contributed by atoms with van der Waals surface area (Å²) in [5.41, 5.74) is 0.103. The van der Waals surface area contributed by atoms with Crippen molar-refractivity contribution >= 4 is 10.2 Å². The molecule has 0 bridgehead atoms. The van der Waals surface area contributed by atoms with E-state index in [9.17, 15) is 8.42 Å². The molecule has 5 nitrogen and oxygen atoms in total. The van der Waals surface area contributed by atoms with Gasteiger partial charge in [0, 0.05) is 20.1 Å². The van der Waals surface area contributed by atoms with Gasteiger partial charge in [0.15, 0.2) is 0 Å². The lowest BCUT2D eigenvalue weighted by molar-refractivity contribution is 0.261. The molecule has 0 aliphatic heterocycles. The Hall–Kier alpha value is -0.170. The second-order valence-electron chi connectivity index (χ2n) is 6.15. The zero-order valence-electron chi connectivity index (χ0n) is 13.3. The fraction of sp³-hybridized carbons (Fsp3) is 1.00. The molecule has 1 unspecified atom stereocenters. The minimum atomic E-state index is -3.35. The lowest BCUT2D eigenvalue weighted by Crippen LogP contribution is -2.42. The van der Waals surface area contributed by atoms with E-state index in [2.05, 4.69) is 37.7 Å². The van der Waals surface area contributed by atoms with Crippen molar-refractivity contribution in [2.24, 2.45) is 11.3 Å². The van der Waals surface area contributed by atoms with Crippen molar-refractivity contribution in [3.8, 4) is 0 Å². The van der Waals surface area contributed by atoms with Crippen LogP contribution in [0.5, 0.6) is 0 Å². The van der Waals surface area contributed by atoms with Crippen LogP contribution >= 0.6 is 0 Å². The normalized spacial score (nSPS) is 14.9. The molecule has 6 heteroatoms. The first kappa shape index (κ1) is 18.8. The molecule has 0 aliphatic rings. The molecule has 0 aromatic rings. The maximum absolute atomic E-state index is 12.0. The Bertz CT molecular complexity index is 336. The van der Waals surface area contributed by atoms with Crippen molar-refractivity contribution in [2.75, 3.05) is 33.2 Å². The van der Waals surface area contributed by atoms with Gasteiger partial charge in [-0.15, -0.1) is 0 Å². The molecule has 0 spiro atoms. The fourth-order valence-electron chi connectivity index (χ4n) is 1.37. The summed E-state index contributed by atoms with van der Waals surface area (Å²) >= 11 is 0. The summed E-state index contributed by atoms with van der Waals surface area (Å²) in [6.45, 7) is 13.2. The van der Waals surface area contributed by atoms with Gasteiger partial charge in [0.2, 0.25) is 0 Å². The summed E-state index contributed by atoms with van der Waals surface area (Å²) < 4.78 is 28.1. The van der Waals surface area contributed by atoms with Gasteiger partial charge in [0.25, 0.3) is 10.2 Å². The lowest BCUT2D eigenvalue weighted by atomic mass is 9.82. The Kier molecular flexibility index (Phi) is 8.12. The Morgan fingerprint density at radius 3 is 2.32 bits per heavy atom. The summed E-state index contributed by atoms with van der Waals surface area (Å²) in [5, 5.41) is 3.18. The molecule has 19 heavy (non-hydrogen) atoms. The Morgan fingerprint density at radius 1 is 1.26 bits per heavy atom. The summed E-state index contributed by atoms with van der Waals surface area (Å²) in [6, 6.07) is 0. The van der Waals surface area contributed by atoms with Crippen LogP contribution in [0.1, 0.15) is 41.0 Å². The van der Waals surface area contributed by atoms with Crippen molar-refractivity contribution in [1.82, 2.24) is 14.3 Å². The molecule has 0 aliphatic carbocycles. The van der Waals surface area contributed by atoms with Crippen molar-refractivity contribution in [1.29, 1.82) is 0 Å². The first-order valence-corrected chi connectivity index (χ1v) is 8.47. The molecule has 0 saturated carbocycles. The van der Waals surface area contributed by atoms with E-state index in [1.165, 1.54) is 4.31 Å². The highest BCUT2D eigenvalue weighted by Gasteiger charge is 2.23. The van der Waals surface area contributed by atoms with Gasteiger partial charge in [0.05, 0.1) is 0 Å². The van der Waals surface area contributed by atoms with E-state index in [0.29, 0.717) is 13.1 Å². The molecular formula is C13H31N3O2S. The van der Waals surface area contributed by atoms with Crippen molar-refractivity contribution in [3.05, 3.63) is 0 Å². The van der Waals surface area contributed by atoms with Crippen molar-refractivity contribution in [2.45, 2.75) is 41.0 Å². The SMILES string of the molecule is CCNCCCN(C)S(=O)(=O)NCC(C)C(C)(C)C. The maximum atomic E-state index is 12.0. The van der Waals surface area contributed by atoms with Crippen LogP contribution in [0.2, 0.25) is 0 Å². The summed E-state index contributed by atoms with van der Waals surface area (Å²) in [6.07, 6.45) is 0.820. The zero-order valence-corrected chi connectivity index (χ0v) is 14.1. The van der Waals surface area contributed by atoms with E-state index in [1.54, 1.807) is 7.05 Å². The maximum Gasteiger partial charge on any atom is 0.279 e. The van der Waals surface area contributed by atoms with Gasteiger partial charge in [-0.2, -0.15) is 12.7 Å². The van der Waals surface area contributed by atoms with Gasteiger partial charge in [-0.3, -0.25) is 0 Å². The summed E-state index contributed by atoms with van der Waals surface area (Å²) in [5.74, 6) is 0.289. The Labute approximate surface area is 119 Å². The standard InChI is InChI=1S/C13H31N3O2S/c1-7-14-9-8-10-16(6)19(17,18)15-11-12(2)13(3,4)5/h12,14-15H,7-11H2,1-6H3. The molecule has 0 rings (SSSR count). The van der Waals surface area contributed by atoms with Gasteiger partial charge in [-0.1, -0.05) is 34.6 Å². The van der Waals surface area contributed by atoms with Crippen LogP contribution in [0.4, 0.5) is 0 Å². The van der Waals surface area contributed by atoms with E-state index in [0.717, 1.165) is 19.5 Å². The van der Waals surface area contributed by atoms with Crippen LogP contribution in [0.25, 0.3) is 0 Å². The molecule has 0 aromatic heterocycles. The van der Waals surface area contributed by atoms with Gasteiger partial charge >= 0.3 is 0 Å². The molecule has 0 radical (unpaired) electrons. The van der Waals surface area contributed by atoms with Crippen LogP contribution in [0, 0.1) is 11.3 Å². The second kappa shape index (κ2) is 8.19. The Morgan fingerprint density at radius 2 is 1.84 bits per heavy atom. The van der Waals surface area contributed by atoms with Crippen molar-refractivity contribution in [3.63, 3.8) is 0 Å². The third kappa shape index (κ3) is 7.87. The molecule has 1 atom stereocenters. The highest BCUT2D eigenvalue weighted by molar-refractivity contribution is 7.87. The smallest absolute Gasteiger partial charge is 0.279 e. The Balaban J connectivity index is 4.16. The average molecular weight is 293 g/mol. The van der Waals surface area contributed by atoms with E-state index >= 15 is 0 Å². The number of hydrogen-bond acceptors (Lipinski definition) is 3. The predicted molar refractivity (Wildman–Crippen MR) is 81.3 cm³/mol. The predicted octanol–water partition coefficient (Wildman–Crippen LogP) is 1.43. The minimum absolute atomic E-state index is 0.103. The van der Waals surface area contributed by atoms with E-state index in [4.69, 9.17) is 0 Å². The van der Waals surface area contributed by atoms with E-state index < -0.39 is 10.2 Å². The topological polar surface area (TPSA) is 61.4 Å². The fourth-order valence-corrected chi connectivity index (χ4v) is 2.42. The molecule has 0 fully saturated rings. The van der Waals surface area contributed by atoms with Crippen LogP contribution in [-0.2, 0) is 10.2 Å². The van der Waals surface area contributed by atoms with Gasteiger partial charge in [-0.05, 0) is 30.8 Å². The minimum Gasteiger partial charge on any atom is -0.317 e. The molecule has 116 valence electrons. The average Bonchev–Trinajstić information content (AvgIpc) is 2.30. The van der Waals surface area contributed by atoms with Gasteiger partial charge < -0.3 is 5.32 Å². The van der Waals surface area contributed by atoms with Gasteiger partial charge in [-0.25, -0.2) is 4.72 Å². The zero-order chi connectivity index (χ0) is 15.1. The number of nitrogens with zero attached hydrogens (tertiary/aromatic N) is 1. The van der Waals surface area contributed by atoms with Gasteiger partial charge in [0.1, 0.15) is 0 Å². The first-order chi connectivity index (χ1) is 8.61. The van der Waals surface area contributed by atoms with Crippen LogP contribution in [0.3, 0.4) is 0 Å². The lowest BCUT2D eigenvalue weighted by Gasteiger charge is -2.28. The molecule has 2 N–H and O–H groups in total. The number of rotatable bonds is 9. The quantitative estimate of drug-likeness (QED) is 0.632. The van der Waals surface area contributed by atoms with Crippen LogP contribution in [0.15, 0.2) is 0 Å². The highest BCUT2D eigenvalue weighted by Crippen LogP contribution is 2.24. The number of hydrogen-bond donors (Lipinski definition) is 2. The largest absolute Gasteiger partial charge is 0.317 e. The van der Waals surface area contributed by atoms with Crippen LogP contribution < -0.4 is 10.0 Å². The molecule has 0 saturated heterocycles. The summed E-state index contributed by atoms with van der Waals surface area (Å²) in [7, 11) is -1.73. The number of nitrogens with one attached hydrogen (secondary N) is 2. The van der Waals surface area contributed by atoms with Crippen LogP contribution in [-0.4, -0.2) is 45.9 Å². The van der Waals surface area contributed by atoms with E-state index in [1.807, 2.05) is 6.92 Å². The summed E-state index contributed by atoms with van der Waals surface area (Å²) in [4.78, 5) is 0.